The van der Waals surface area contributed by atoms with Crippen LogP contribution in [-0.2, 0) is 10.2 Å². The molecule has 0 bridgehead atoms. The fourth-order valence-corrected chi connectivity index (χ4v) is 3.04. The third-order valence-corrected chi connectivity index (χ3v) is 5.04. The number of ether oxygens (including phenoxy) is 2. The first kappa shape index (κ1) is 16.6. The van der Waals surface area contributed by atoms with E-state index < -0.39 is 0 Å². The molecule has 1 N–H and O–H groups in total. The Morgan fingerprint density at radius 1 is 1.24 bits per heavy atom. The van der Waals surface area contributed by atoms with E-state index in [2.05, 4.69) is 55.0 Å². The number of nitrogens with one attached hydrogen (secondary N) is 1. The van der Waals surface area contributed by atoms with Crippen molar-refractivity contribution in [2.24, 2.45) is 5.41 Å². The Labute approximate surface area is 149 Å². The summed E-state index contributed by atoms with van der Waals surface area (Å²) in [6.45, 7) is 11.0. The second kappa shape index (κ2) is 5.84. The number of hydrogen-bond acceptors (Lipinski definition) is 4. The van der Waals surface area contributed by atoms with Crippen LogP contribution in [0.15, 0.2) is 18.3 Å². The maximum atomic E-state index is 6.22. The molecule has 5 nitrogen and oxygen atoms in total. The molecule has 0 aromatic carbocycles. The molecule has 2 aliphatic rings. The van der Waals surface area contributed by atoms with Gasteiger partial charge in [-0.3, -0.25) is 10.1 Å². The average Bonchev–Trinajstić information content (AvgIpc) is 3.25. The van der Waals surface area contributed by atoms with Gasteiger partial charge in [-0.25, -0.2) is 0 Å². The molecule has 2 aromatic heterocycles. The van der Waals surface area contributed by atoms with Gasteiger partial charge < -0.3 is 9.47 Å². The minimum atomic E-state index is 0.0390. The second-order valence-electron chi connectivity index (χ2n) is 8.89. The lowest BCUT2D eigenvalue weighted by Crippen LogP contribution is -2.44. The molecular weight excluding hydrogens is 314 g/mol. The molecule has 5 heteroatoms. The minimum Gasteiger partial charge on any atom is -0.492 e. The summed E-state index contributed by atoms with van der Waals surface area (Å²) in [5, 5.41) is 7.60. The maximum Gasteiger partial charge on any atom is 0.126 e. The van der Waals surface area contributed by atoms with E-state index in [0.717, 1.165) is 36.0 Å². The molecular formula is C20H27N3O2. The van der Waals surface area contributed by atoms with Gasteiger partial charge in [-0.15, -0.1) is 0 Å². The number of pyridine rings is 1. The Hall–Kier alpha value is -1.88. The van der Waals surface area contributed by atoms with E-state index in [-0.39, 0.29) is 10.8 Å². The van der Waals surface area contributed by atoms with Gasteiger partial charge in [0.1, 0.15) is 11.4 Å². The number of aromatic amines is 1. The van der Waals surface area contributed by atoms with Crippen LogP contribution < -0.4 is 4.74 Å². The lowest BCUT2D eigenvalue weighted by atomic mass is 9.90. The van der Waals surface area contributed by atoms with E-state index in [1.54, 1.807) is 0 Å². The van der Waals surface area contributed by atoms with Gasteiger partial charge >= 0.3 is 0 Å². The van der Waals surface area contributed by atoms with Gasteiger partial charge in [-0.05, 0) is 24.8 Å². The summed E-state index contributed by atoms with van der Waals surface area (Å²) in [4.78, 5) is 4.66. The Bertz CT molecular complexity index is 767. The van der Waals surface area contributed by atoms with E-state index in [9.17, 15) is 0 Å². The second-order valence-corrected chi connectivity index (χ2v) is 8.89. The van der Waals surface area contributed by atoms with Crippen LogP contribution in [0.5, 0.6) is 5.75 Å². The number of H-pyrrole nitrogens is 1. The predicted molar refractivity (Wildman–Crippen MR) is 96.9 cm³/mol. The number of rotatable bonds is 5. The zero-order chi connectivity index (χ0) is 17.7. The summed E-state index contributed by atoms with van der Waals surface area (Å²) in [6.07, 6.45) is 4.44. The molecule has 0 atom stereocenters. The summed E-state index contributed by atoms with van der Waals surface area (Å²) in [5.74, 6) is 1.56. The molecule has 0 unspecified atom stereocenters. The Morgan fingerprint density at radius 2 is 2.00 bits per heavy atom. The third-order valence-electron chi connectivity index (χ3n) is 5.04. The van der Waals surface area contributed by atoms with Crippen molar-refractivity contribution in [2.45, 2.75) is 51.9 Å². The van der Waals surface area contributed by atoms with Gasteiger partial charge in [0.2, 0.25) is 0 Å². The molecule has 1 saturated carbocycles. The van der Waals surface area contributed by atoms with Crippen LogP contribution >= 0.6 is 0 Å². The van der Waals surface area contributed by atoms with Crippen molar-refractivity contribution in [3.8, 4) is 17.1 Å². The van der Waals surface area contributed by atoms with Crippen molar-refractivity contribution < 1.29 is 9.47 Å². The maximum absolute atomic E-state index is 6.22. The van der Waals surface area contributed by atoms with Gasteiger partial charge in [0.25, 0.3) is 0 Å². The molecule has 0 spiro atoms. The Balaban J connectivity index is 1.60. The Morgan fingerprint density at radius 3 is 2.56 bits per heavy atom. The van der Waals surface area contributed by atoms with Gasteiger partial charge in [0.15, 0.2) is 0 Å². The van der Waals surface area contributed by atoms with Crippen molar-refractivity contribution in [2.75, 3.05) is 19.8 Å². The highest BCUT2D eigenvalue weighted by Crippen LogP contribution is 2.45. The molecule has 25 heavy (non-hydrogen) atoms. The van der Waals surface area contributed by atoms with Crippen LogP contribution in [0.2, 0.25) is 0 Å². The topological polar surface area (TPSA) is 60.0 Å². The van der Waals surface area contributed by atoms with Crippen LogP contribution in [0.4, 0.5) is 0 Å². The summed E-state index contributed by atoms with van der Waals surface area (Å²) in [7, 11) is 0. The molecule has 1 aliphatic heterocycles. The highest BCUT2D eigenvalue weighted by atomic mass is 16.5. The first-order valence-electron chi connectivity index (χ1n) is 9.11. The van der Waals surface area contributed by atoms with Crippen molar-refractivity contribution in [1.29, 1.82) is 0 Å². The quantitative estimate of drug-likeness (QED) is 0.891. The van der Waals surface area contributed by atoms with Crippen LogP contribution in [0.1, 0.15) is 57.7 Å². The predicted octanol–water partition coefficient (Wildman–Crippen LogP) is 4.06. The van der Waals surface area contributed by atoms with E-state index in [1.807, 2.05) is 6.20 Å². The average molecular weight is 341 g/mol. The van der Waals surface area contributed by atoms with Gasteiger partial charge in [0.05, 0.1) is 25.5 Å². The van der Waals surface area contributed by atoms with Crippen molar-refractivity contribution in [3.63, 3.8) is 0 Å². The zero-order valence-electron chi connectivity index (χ0n) is 15.6. The summed E-state index contributed by atoms with van der Waals surface area (Å²) >= 11 is 0. The SMILES string of the molecule is CC1(COc2cc(-c3cc(C(C)(C)C)[nH]n3)ncc2C2CC2)COC1. The highest BCUT2D eigenvalue weighted by Gasteiger charge is 2.35. The summed E-state index contributed by atoms with van der Waals surface area (Å²) in [6, 6.07) is 4.14. The third kappa shape index (κ3) is 3.43. The summed E-state index contributed by atoms with van der Waals surface area (Å²) < 4.78 is 11.6. The fraction of sp³-hybridized carbons (Fsp3) is 0.600. The van der Waals surface area contributed by atoms with Crippen molar-refractivity contribution in [1.82, 2.24) is 15.2 Å². The first-order valence-corrected chi connectivity index (χ1v) is 9.11. The smallest absolute Gasteiger partial charge is 0.126 e. The molecule has 1 aliphatic carbocycles. The first-order chi connectivity index (χ1) is 11.8. The van der Waals surface area contributed by atoms with Gasteiger partial charge in [-0.1, -0.05) is 27.7 Å². The van der Waals surface area contributed by atoms with Gasteiger partial charge in [-0.2, -0.15) is 5.10 Å². The normalized spacial score (nSPS) is 19.5. The van der Waals surface area contributed by atoms with Crippen LogP contribution in [-0.4, -0.2) is 35.0 Å². The number of aromatic nitrogens is 3. The molecule has 0 amide bonds. The summed E-state index contributed by atoms with van der Waals surface area (Å²) in [5.41, 5.74) is 4.25. The van der Waals surface area contributed by atoms with E-state index in [0.29, 0.717) is 12.5 Å². The minimum absolute atomic E-state index is 0.0390. The molecule has 4 rings (SSSR count). The van der Waals surface area contributed by atoms with Crippen molar-refractivity contribution in [3.05, 3.63) is 29.6 Å². The largest absolute Gasteiger partial charge is 0.492 e. The molecule has 2 aromatic rings. The van der Waals surface area contributed by atoms with E-state index >= 15 is 0 Å². The van der Waals surface area contributed by atoms with E-state index in [1.165, 1.54) is 18.4 Å². The molecule has 134 valence electrons. The Kier molecular flexibility index (Phi) is 3.87. The molecule has 2 fully saturated rings. The molecule has 0 radical (unpaired) electrons. The van der Waals surface area contributed by atoms with Crippen molar-refractivity contribution >= 4 is 0 Å². The zero-order valence-corrected chi connectivity index (χ0v) is 15.6. The highest BCUT2D eigenvalue weighted by molar-refractivity contribution is 5.58. The van der Waals surface area contributed by atoms with Gasteiger partial charge in [0, 0.05) is 34.4 Å². The number of hydrogen-bond donors (Lipinski definition) is 1. The lowest BCUT2D eigenvalue weighted by Gasteiger charge is -2.37. The number of nitrogens with zero attached hydrogens (tertiary/aromatic N) is 2. The molecule has 1 saturated heterocycles. The standard InChI is InChI=1S/C20H27N3O2/c1-19(2,3)18-8-16(22-23-18)15-7-17(14(9-21-15)13-5-6-13)25-12-20(4)10-24-11-20/h7-9,13H,5-6,10-12H2,1-4H3,(H,22,23). The van der Waals surface area contributed by atoms with E-state index in [4.69, 9.17) is 9.47 Å². The monoisotopic (exact) mass is 341 g/mol. The lowest BCUT2D eigenvalue weighted by molar-refractivity contribution is -0.120. The molecule has 3 heterocycles. The van der Waals surface area contributed by atoms with Crippen LogP contribution in [0, 0.1) is 5.41 Å². The van der Waals surface area contributed by atoms with Crippen LogP contribution in [0.25, 0.3) is 11.4 Å². The van der Waals surface area contributed by atoms with Crippen LogP contribution in [0.3, 0.4) is 0 Å². The fourth-order valence-electron chi connectivity index (χ4n) is 3.04.